The van der Waals surface area contributed by atoms with Gasteiger partial charge in [0.25, 0.3) is 5.91 Å². The van der Waals surface area contributed by atoms with Gasteiger partial charge in [-0.05, 0) is 56.2 Å². The first kappa shape index (κ1) is 16.9. The number of fused-ring (bicyclic) bond motifs is 1. The molecule has 27 heavy (non-hydrogen) atoms. The van der Waals surface area contributed by atoms with Crippen LogP contribution in [0.25, 0.3) is 16.7 Å². The van der Waals surface area contributed by atoms with E-state index in [0.29, 0.717) is 11.3 Å². The van der Waals surface area contributed by atoms with Crippen LogP contribution in [-0.2, 0) is 0 Å². The molecule has 0 aliphatic carbocycles. The Morgan fingerprint density at radius 1 is 0.963 bits per heavy atom. The Hall–Kier alpha value is -3.54. The molecular weight excluding hydrogens is 338 g/mol. The lowest BCUT2D eigenvalue weighted by molar-refractivity contribution is 0.102. The molecule has 1 amide bonds. The number of amides is 1. The van der Waals surface area contributed by atoms with Crippen molar-refractivity contribution in [1.82, 2.24) is 19.7 Å². The lowest BCUT2D eigenvalue weighted by Gasteiger charge is -2.10. The molecule has 4 rings (SSSR count). The van der Waals surface area contributed by atoms with Crippen molar-refractivity contribution in [3.63, 3.8) is 0 Å². The van der Waals surface area contributed by atoms with Crippen molar-refractivity contribution in [2.45, 2.75) is 20.8 Å². The summed E-state index contributed by atoms with van der Waals surface area (Å²) < 4.78 is 1.74. The van der Waals surface area contributed by atoms with Crippen LogP contribution < -0.4 is 5.32 Å². The average Bonchev–Trinajstić information content (AvgIpc) is 3.00. The number of benzene rings is 2. The third-order valence-corrected chi connectivity index (χ3v) is 4.21. The van der Waals surface area contributed by atoms with Crippen LogP contribution in [0, 0.1) is 20.8 Å². The van der Waals surface area contributed by atoms with Crippen molar-refractivity contribution in [3.8, 4) is 5.69 Å². The number of hydrogen-bond donors (Lipinski definition) is 1. The van der Waals surface area contributed by atoms with Gasteiger partial charge in [0, 0.05) is 6.07 Å². The number of hydrogen-bond acceptors (Lipinski definition) is 4. The van der Waals surface area contributed by atoms with Crippen molar-refractivity contribution in [2.24, 2.45) is 0 Å². The summed E-state index contributed by atoms with van der Waals surface area (Å²) in [6.07, 6.45) is 1.49. The van der Waals surface area contributed by atoms with Crippen LogP contribution in [0.4, 0.5) is 5.82 Å². The number of aromatic nitrogens is 4. The van der Waals surface area contributed by atoms with Crippen LogP contribution in [-0.4, -0.2) is 25.7 Å². The topological polar surface area (TPSA) is 72.7 Å². The van der Waals surface area contributed by atoms with Gasteiger partial charge in [0.15, 0.2) is 0 Å². The van der Waals surface area contributed by atoms with Crippen LogP contribution in [0.5, 0.6) is 0 Å². The molecule has 0 saturated carbocycles. The van der Waals surface area contributed by atoms with E-state index in [-0.39, 0.29) is 11.6 Å². The molecule has 6 nitrogen and oxygen atoms in total. The third-order valence-electron chi connectivity index (χ3n) is 4.21. The lowest BCUT2D eigenvalue weighted by Crippen LogP contribution is -2.17. The molecule has 0 saturated heterocycles. The van der Waals surface area contributed by atoms with Gasteiger partial charge in [0.1, 0.15) is 11.5 Å². The zero-order valence-electron chi connectivity index (χ0n) is 15.4. The lowest BCUT2D eigenvalue weighted by atomic mass is 10.1. The summed E-state index contributed by atoms with van der Waals surface area (Å²) in [5.41, 5.74) is 5.69. The number of nitrogens with zero attached hydrogens (tertiary/aromatic N) is 4. The molecule has 0 fully saturated rings. The molecule has 6 heteroatoms. The zero-order chi connectivity index (χ0) is 19.0. The molecule has 2 aromatic heterocycles. The number of anilines is 1. The first-order valence-corrected chi connectivity index (χ1v) is 8.68. The van der Waals surface area contributed by atoms with Crippen LogP contribution in [0.1, 0.15) is 27.3 Å². The van der Waals surface area contributed by atoms with Gasteiger partial charge in [-0.3, -0.25) is 9.78 Å². The number of nitrogens with one attached hydrogen (secondary N) is 1. The number of aryl methyl sites for hydroxylation is 3. The van der Waals surface area contributed by atoms with Gasteiger partial charge in [-0.15, -0.1) is 0 Å². The maximum Gasteiger partial charge on any atom is 0.277 e. The fourth-order valence-electron chi connectivity index (χ4n) is 3.11. The van der Waals surface area contributed by atoms with E-state index in [9.17, 15) is 4.79 Å². The molecule has 134 valence electrons. The van der Waals surface area contributed by atoms with Gasteiger partial charge in [-0.2, -0.15) is 5.10 Å². The predicted molar refractivity (Wildman–Crippen MR) is 105 cm³/mol. The predicted octanol–water partition coefficient (Wildman–Crippen LogP) is 3.99. The van der Waals surface area contributed by atoms with Crippen molar-refractivity contribution >= 4 is 22.8 Å². The SMILES string of the molecule is Cc1cc(C)cc(-n2nc(C)cc2NC(=O)c2cnc3ccccc3n2)c1. The Morgan fingerprint density at radius 3 is 2.41 bits per heavy atom. The Balaban J connectivity index is 1.68. The minimum Gasteiger partial charge on any atom is -0.305 e. The van der Waals surface area contributed by atoms with Crippen LogP contribution in [0.2, 0.25) is 0 Å². The van der Waals surface area contributed by atoms with E-state index in [4.69, 9.17) is 0 Å². The van der Waals surface area contributed by atoms with Crippen molar-refractivity contribution in [2.75, 3.05) is 5.32 Å². The second kappa shape index (κ2) is 6.64. The summed E-state index contributed by atoms with van der Waals surface area (Å²) in [4.78, 5) is 21.4. The number of carbonyl (C=O) groups is 1. The third kappa shape index (κ3) is 3.42. The minimum atomic E-state index is -0.321. The highest BCUT2D eigenvalue weighted by Crippen LogP contribution is 2.20. The maximum absolute atomic E-state index is 12.7. The van der Waals surface area contributed by atoms with E-state index in [0.717, 1.165) is 28.0 Å². The molecule has 2 aromatic carbocycles. The molecule has 0 spiro atoms. The summed E-state index contributed by atoms with van der Waals surface area (Å²) in [6.45, 7) is 5.97. The normalized spacial score (nSPS) is 10.9. The summed E-state index contributed by atoms with van der Waals surface area (Å²) in [5, 5.41) is 7.43. The highest BCUT2D eigenvalue weighted by molar-refractivity contribution is 6.03. The van der Waals surface area contributed by atoms with Gasteiger partial charge >= 0.3 is 0 Å². The Bertz CT molecular complexity index is 1140. The quantitative estimate of drug-likeness (QED) is 0.602. The second-order valence-electron chi connectivity index (χ2n) is 6.63. The summed E-state index contributed by atoms with van der Waals surface area (Å²) in [5.74, 6) is 0.274. The smallest absolute Gasteiger partial charge is 0.277 e. The summed E-state index contributed by atoms with van der Waals surface area (Å²) >= 11 is 0. The second-order valence-corrected chi connectivity index (χ2v) is 6.63. The highest BCUT2D eigenvalue weighted by Gasteiger charge is 2.15. The molecule has 4 aromatic rings. The van der Waals surface area contributed by atoms with Gasteiger partial charge in [0.05, 0.1) is 28.6 Å². The molecule has 1 N–H and O–H groups in total. The zero-order valence-corrected chi connectivity index (χ0v) is 15.4. The fraction of sp³-hybridized carbons (Fsp3) is 0.143. The monoisotopic (exact) mass is 357 g/mol. The molecule has 0 atom stereocenters. The van der Waals surface area contributed by atoms with E-state index < -0.39 is 0 Å². The van der Waals surface area contributed by atoms with Gasteiger partial charge in [-0.1, -0.05) is 18.2 Å². The van der Waals surface area contributed by atoms with E-state index >= 15 is 0 Å². The number of carbonyl (C=O) groups excluding carboxylic acids is 1. The van der Waals surface area contributed by atoms with Crippen LogP contribution in [0.15, 0.2) is 54.7 Å². The summed E-state index contributed by atoms with van der Waals surface area (Å²) in [6, 6.07) is 15.5. The number of rotatable bonds is 3. The maximum atomic E-state index is 12.7. The fourth-order valence-corrected chi connectivity index (χ4v) is 3.11. The highest BCUT2D eigenvalue weighted by atomic mass is 16.2. The van der Waals surface area contributed by atoms with Crippen molar-refractivity contribution in [3.05, 3.63) is 77.2 Å². The minimum absolute atomic E-state index is 0.263. The van der Waals surface area contributed by atoms with Gasteiger partial charge < -0.3 is 5.32 Å². The summed E-state index contributed by atoms with van der Waals surface area (Å²) in [7, 11) is 0. The largest absolute Gasteiger partial charge is 0.305 e. The standard InChI is InChI=1S/C21H19N5O/c1-13-8-14(2)10-16(9-13)26-20(11-15(3)25-26)24-21(27)19-12-22-17-6-4-5-7-18(17)23-19/h4-12H,1-3H3,(H,24,27). The first-order chi connectivity index (χ1) is 13.0. The Labute approximate surface area is 156 Å². The van der Waals surface area contributed by atoms with E-state index in [1.807, 2.05) is 63.2 Å². The molecule has 0 radical (unpaired) electrons. The first-order valence-electron chi connectivity index (χ1n) is 8.68. The van der Waals surface area contributed by atoms with Gasteiger partial charge in [0.2, 0.25) is 0 Å². The number of para-hydroxylation sites is 2. The van der Waals surface area contributed by atoms with Crippen molar-refractivity contribution in [1.29, 1.82) is 0 Å². The molecular formula is C21H19N5O. The van der Waals surface area contributed by atoms with Crippen LogP contribution in [0.3, 0.4) is 0 Å². The average molecular weight is 357 g/mol. The molecule has 0 bridgehead atoms. The van der Waals surface area contributed by atoms with Gasteiger partial charge in [-0.25, -0.2) is 9.67 Å². The molecule has 0 aliphatic rings. The Kier molecular flexibility index (Phi) is 4.16. The Morgan fingerprint density at radius 2 is 1.67 bits per heavy atom. The molecule has 0 unspecified atom stereocenters. The van der Waals surface area contributed by atoms with E-state index in [1.54, 1.807) is 4.68 Å². The van der Waals surface area contributed by atoms with E-state index in [1.165, 1.54) is 6.20 Å². The van der Waals surface area contributed by atoms with Crippen molar-refractivity contribution < 1.29 is 4.79 Å². The van der Waals surface area contributed by atoms with E-state index in [2.05, 4.69) is 26.4 Å². The molecule has 2 heterocycles. The molecule has 0 aliphatic heterocycles. The van der Waals surface area contributed by atoms with Crippen LogP contribution >= 0.6 is 0 Å².